The van der Waals surface area contributed by atoms with Gasteiger partial charge in [-0.3, -0.25) is 4.99 Å². The van der Waals surface area contributed by atoms with E-state index in [9.17, 15) is 4.39 Å². The Kier molecular flexibility index (Phi) is 4.30. The first-order valence-corrected chi connectivity index (χ1v) is 8.56. The monoisotopic (exact) mass is 324 g/mol. The van der Waals surface area contributed by atoms with E-state index in [2.05, 4.69) is 28.5 Å². The van der Waals surface area contributed by atoms with Crippen LogP contribution in [0.5, 0.6) is 0 Å². The maximum Gasteiger partial charge on any atom is 0.123 e. The Labute approximate surface area is 141 Å². The number of benzene rings is 1. The molecule has 124 valence electrons. The fourth-order valence-electron chi connectivity index (χ4n) is 3.50. The van der Waals surface area contributed by atoms with Gasteiger partial charge in [0.1, 0.15) is 17.7 Å². The van der Waals surface area contributed by atoms with Crippen LogP contribution in [-0.4, -0.2) is 25.4 Å². The number of nitrogens with one attached hydrogen (secondary N) is 1. The van der Waals surface area contributed by atoms with Gasteiger partial charge in [-0.2, -0.15) is 0 Å². The Morgan fingerprint density at radius 1 is 1.21 bits per heavy atom. The number of halogens is 1. The van der Waals surface area contributed by atoms with E-state index >= 15 is 0 Å². The molecule has 1 N–H and O–H groups in total. The molecule has 3 nitrogen and oxygen atoms in total. The van der Waals surface area contributed by atoms with Crippen LogP contribution in [0.4, 0.5) is 4.39 Å². The van der Waals surface area contributed by atoms with E-state index in [1.165, 1.54) is 6.07 Å². The summed E-state index contributed by atoms with van der Waals surface area (Å²) in [7, 11) is 0. The Morgan fingerprint density at radius 3 is 2.92 bits per heavy atom. The van der Waals surface area contributed by atoms with Crippen molar-refractivity contribution in [2.75, 3.05) is 13.1 Å². The topological polar surface area (TPSA) is 33.6 Å². The highest BCUT2D eigenvalue weighted by Gasteiger charge is 2.30. The molecule has 24 heavy (non-hydrogen) atoms. The highest BCUT2D eigenvalue weighted by atomic mass is 19.1. The molecule has 1 aromatic carbocycles. The molecule has 1 fully saturated rings. The molecule has 0 spiro atoms. The zero-order valence-corrected chi connectivity index (χ0v) is 13.5. The van der Waals surface area contributed by atoms with E-state index in [1.54, 1.807) is 12.1 Å². The number of hydrogen-bond acceptors (Lipinski definition) is 3. The smallest absolute Gasteiger partial charge is 0.123 e. The van der Waals surface area contributed by atoms with Crippen molar-refractivity contribution in [3.05, 3.63) is 65.8 Å². The summed E-state index contributed by atoms with van der Waals surface area (Å²) in [4.78, 5) is 4.29. The van der Waals surface area contributed by atoms with Crippen LogP contribution in [0.1, 0.15) is 18.4 Å². The van der Waals surface area contributed by atoms with Gasteiger partial charge in [-0.05, 0) is 55.3 Å². The minimum absolute atomic E-state index is 0.141. The summed E-state index contributed by atoms with van der Waals surface area (Å²) in [6.07, 6.45) is 12.4. The molecule has 0 radical (unpaired) electrons. The fraction of sp³-hybridized carbons (Fsp3) is 0.350. The molecule has 4 heteroatoms. The van der Waals surface area contributed by atoms with Crippen molar-refractivity contribution in [2.45, 2.75) is 18.9 Å². The first kappa shape index (κ1) is 15.3. The summed E-state index contributed by atoms with van der Waals surface area (Å²) >= 11 is 0. The summed E-state index contributed by atoms with van der Waals surface area (Å²) in [5.74, 6) is 1.08. The van der Waals surface area contributed by atoms with Gasteiger partial charge >= 0.3 is 0 Å². The third-order valence-corrected chi connectivity index (χ3v) is 4.80. The molecule has 4 rings (SSSR count). The molecule has 0 aromatic heterocycles. The van der Waals surface area contributed by atoms with E-state index in [-0.39, 0.29) is 23.8 Å². The lowest BCUT2D eigenvalue weighted by Crippen LogP contribution is -2.34. The maximum absolute atomic E-state index is 13.6. The molecule has 2 atom stereocenters. The van der Waals surface area contributed by atoms with Gasteiger partial charge < -0.3 is 10.1 Å². The van der Waals surface area contributed by atoms with Gasteiger partial charge in [0.25, 0.3) is 0 Å². The first-order chi connectivity index (χ1) is 11.8. The summed E-state index contributed by atoms with van der Waals surface area (Å²) in [6, 6.07) is 6.73. The predicted octanol–water partition coefficient (Wildman–Crippen LogP) is 3.71. The van der Waals surface area contributed by atoms with Gasteiger partial charge in [-0.15, -0.1) is 0 Å². The normalized spacial score (nSPS) is 26.5. The van der Waals surface area contributed by atoms with Crippen molar-refractivity contribution in [2.24, 2.45) is 16.8 Å². The van der Waals surface area contributed by atoms with Gasteiger partial charge in [0.05, 0.1) is 5.92 Å². The second-order valence-electron chi connectivity index (χ2n) is 6.49. The summed E-state index contributed by atoms with van der Waals surface area (Å²) < 4.78 is 19.9. The highest BCUT2D eigenvalue weighted by Crippen LogP contribution is 2.36. The van der Waals surface area contributed by atoms with Crippen molar-refractivity contribution >= 4 is 11.8 Å². The number of rotatable bonds is 3. The Balaban J connectivity index is 1.65. The van der Waals surface area contributed by atoms with E-state index in [4.69, 9.17) is 4.74 Å². The van der Waals surface area contributed by atoms with Crippen LogP contribution in [0.2, 0.25) is 0 Å². The largest absolute Gasteiger partial charge is 0.494 e. The molecule has 1 aromatic rings. The lowest BCUT2D eigenvalue weighted by Gasteiger charge is -2.32. The third kappa shape index (κ3) is 3.20. The third-order valence-electron chi connectivity index (χ3n) is 4.80. The Bertz CT molecular complexity index is 729. The number of fused-ring (bicyclic) bond motifs is 1. The number of allylic oxidation sites excluding steroid dienone is 5. The van der Waals surface area contributed by atoms with Gasteiger partial charge in [0.15, 0.2) is 0 Å². The molecular weight excluding hydrogens is 303 g/mol. The van der Waals surface area contributed by atoms with Crippen LogP contribution in [0.15, 0.2) is 59.4 Å². The lowest BCUT2D eigenvalue weighted by atomic mass is 9.82. The molecule has 1 unspecified atom stereocenters. The number of aliphatic imine (C=N–C) groups is 1. The summed E-state index contributed by atoms with van der Waals surface area (Å²) in [5, 5.41) is 3.36. The van der Waals surface area contributed by atoms with Crippen molar-refractivity contribution in [3.8, 4) is 0 Å². The summed E-state index contributed by atoms with van der Waals surface area (Å²) in [6.45, 7) is 1.99. The van der Waals surface area contributed by atoms with Crippen molar-refractivity contribution in [1.82, 2.24) is 5.32 Å². The minimum atomic E-state index is -0.217. The predicted molar refractivity (Wildman–Crippen MR) is 94.0 cm³/mol. The van der Waals surface area contributed by atoms with Gasteiger partial charge in [0, 0.05) is 18.3 Å². The summed E-state index contributed by atoms with van der Waals surface area (Å²) in [5.41, 5.74) is 1.90. The van der Waals surface area contributed by atoms with Crippen LogP contribution in [0.3, 0.4) is 0 Å². The highest BCUT2D eigenvalue weighted by molar-refractivity contribution is 5.80. The van der Waals surface area contributed by atoms with E-state index in [1.807, 2.05) is 18.5 Å². The zero-order valence-electron chi connectivity index (χ0n) is 13.5. The molecule has 3 aliphatic rings. The Morgan fingerprint density at radius 2 is 2.08 bits per heavy atom. The molecule has 0 bridgehead atoms. The van der Waals surface area contributed by atoms with Crippen molar-refractivity contribution in [3.63, 3.8) is 0 Å². The minimum Gasteiger partial charge on any atom is -0.494 e. The number of nitrogens with zero attached hydrogens (tertiary/aromatic N) is 1. The van der Waals surface area contributed by atoms with Gasteiger partial charge in [-0.25, -0.2) is 4.39 Å². The van der Waals surface area contributed by atoms with Crippen LogP contribution >= 0.6 is 0 Å². The van der Waals surface area contributed by atoms with Gasteiger partial charge in [-0.1, -0.05) is 24.3 Å². The molecule has 0 amide bonds. The number of ether oxygens (including phenoxy) is 1. The molecule has 0 saturated carbocycles. The van der Waals surface area contributed by atoms with E-state index in [0.717, 1.165) is 42.8 Å². The molecule has 2 aliphatic heterocycles. The first-order valence-electron chi connectivity index (χ1n) is 8.56. The molecular formula is C20H21FN2O. The van der Waals surface area contributed by atoms with E-state index in [0.29, 0.717) is 0 Å². The van der Waals surface area contributed by atoms with Gasteiger partial charge in [0.2, 0.25) is 0 Å². The van der Waals surface area contributed by atoms with E-state index < -0.39 is 0 Å². The average Bonchev–Trinajstić information content (AvgIpc) is 2.62. The standard InChI is InChI=1S/C20H21FN2O/c21-17-3-1-2-14(11-17)16-10-15-4-7-23-13-19(15)20(12-16)24-18-5-8-22-9-6-18/h1-4,7,10-13,15,18-19,22H,5-6,8-9H2/t15?,19-/m1/s1. The molecule has 1 aliphatic carbocycles. The second-order valence-corrected chi connectivity index (χ2v) is 6.49. The average molecular weight is 324 g/mol. The van der Waals surface area contributed by atoms with Crippen molar-refractivity contribution in [1.29, 1.82) is 0 Å². The van der Waals surface area contributed by atoms with Crippen LogP contribution < -0.4 is 5.32 Å². The SMILES string of the molecule is Fc1cccc(C2=CC3C=CN=C[C@H]3C(OC3CCNCC3)=C2)c1. The second kappa shape index (κ2) is 6.73. The quantitative estimate of drug-likeness (QED) is 0.920. The fourth-order valence-corrected chi connectivity index (χ4v) is 3.50. The van der Waals surface area contributed by atoms with Crippen molar-refractivity contribution < 1.29 is 9.13 Å². The van der Waals surface area contributed by atoms with Crippen LogP contribution in [0.25, 0.3) is 5.57 Å². The number of piperidine rings is 1. The van der Waals surface area contributed by atoms with Crippen LogP contribution in [-0.2, 0) is 4.74 Å². The maximum atomic E-state index is 13.6. The molecule has 2 heterocycles. The molecule has 1 saturated heterocycles. The van der Waals surface area contributed by atoms with Crippen LogP contribution in [0, 0.1) is 17.7 Å². The zero-order chi connectivity index (χ0) is 16.4. The lowest BCUT2D eigenvalue weighted by molar-refractivity contribution is 0.0735. The Hall–Kier alpha value is -2.20. The number of hydrogen-bond donors (Lipinski definition) is 1.